The van der Waals surface area contributed by atoms with Gasteiger partial charge in [0.05, 0.1) is 11.3 Å². The highest BCUT2D eigenvalue weighted by Gasteiger charge is 2.25. The largest absolute Gasteiger partial charge is 0.330 e. The minimum absolute atomic E-state index is 0.170. The summed E-state index contributed by atoms with van der Waals surface area (Å²) in [5.41, 5.74) is 2.74. The number of fused-ring (bicyclic) bond motifs is 2. The molecule has 18 heteroatoms. The second kappa shape index (κ2) is 17.5. The molecule has 15 nitrogen and oxygen atoms in total. The lowest BCUT2D eigenvalue weighted by Crippen LogP contribution is -2.31. The summed E-state index contributed by atoms with van der Waals surface area (Å²) in [4.78, 5) is 78.3. The van der Waals surface area contributed by atoms with E-state index in [1.165, 1.54) is 39.5 Å². The normalized spacial score (nSPS) is 11.6. The van der Waals surface area contributed by atoms with Gasteiger partial charge in [-0.25, -0.2) is 34.5 Å². The van der Waals surface area contributed by atoms with E-state index in [2.05, 4.69) is 67.9 Å². The SMILES string of the molecule is BrCc1ccccc1.CCn1c(=O)[nH]c(=O)c2c1nc(-c1nccnc1Cl)n2Cc1ccccc1.CCn1c2c(c(=O)[nH]c1=O)CC(c1nccnc1Cl)=N2. The number of aryl methyl sites for hydroxylation is 1. The van der Waals surface area contributed by atoms with Crippen LogP contribution in [0.1, 0.15) is 36.2 Å². The average molecular weight is 846 g/mol. The van der Waals surface area contributed by atoms with Gasteiger partial charge in [-0.05, 0) is 25.0 Å². The number of hydrogen-bond donors (Lipinski definition) is 2. The Morgan fingerprint density at radius 3 is 1.80 bits per heavy atom. The lowest BCUT2D eigenvalue weighted by molar-refractivity contribution is 0.695. The van der Waals surface area contributed by atoms with Crippen molar-refractivity contribution < 1.29 is 0 Å². The summed E-state index contributed by atoms with van der Waals surface area (Å²) >= 11 is 15.6. The van der Waals surface area contributed by atoms with Crippen molar-refractivity contribution in [2.24, 2.45) is 4.99 Å². The van der Waals surface area contributed by atoms with Crippen LogP contribution in [0.4, 0.5) is 5.82 Å². The Hall–Kier alpha value is -5.84. The predicted molar refractivity (Wildman–Crippen MR) is 215 cm³/mol. The highest BCUT2D eigenvalue weighted by molar-refractivity contribution is 9.08. The van der Waals surface area contributed by atoms with Gasteiger partial charge in [-0.2, -0.15) is 0 Å². The van der Waals surface area contributed by atoms with Crippen LogP contribution >= 0.6 is 39.1 Å². The number of halogens is 3. The van der Waals surface area contributed by atoms with Gasteiger partial charge in [-0.1, -0.05) is 99.8 Å². The lowest BCUT2D eigenvalue weighted by Gasteiger charge is -2.09. The van der Waals surface area contributed by atoms with Gasteiger partial charge >= 0.3 is 11.4 Å². The summed E-state index contributed by atoms with van der Waals surface area (Å²) < 4.78 is 4.53. The molecule has 8 rings (SSSR count). The number of aromatic amines is 2. The summed E-state index contributed by atoms with van der Waals surface area (Å²) in [5.74, 6) is 0.753. The van der Waals surface area contributed by atoms with Crippen LogP contribution < -0.4 is 22.5 Å². The van der Waals surface area contributed by atoms with E-state index in [0.29, 0.717) is 59.6 Å². The Labute approximate surface area is 330 Å². The second-order valence-electron chi connectivity index (χ2n) is 11.7. The Morgan fingerprint density at radius 1 is 0.691 bits per heavy atom. The lowest BCUT2D eigenvalue weighted by atomic mass is 10.1. The van der Waals surface area contributed by atoms with Crippen LogP contribution in [0.15, 0.2) is 110 Å². The Balaban J connectivity index is 0.000000160. The summed E-state index contributed by atoms with van der Waals surface area (Å²) in [6.45, 7) is 4.77. The molecule has 7 aromatic rings. The van der Waals surface area contributed by atoms with Crippen LogP contribution in [0.3, 0.4) is 0 Å². The maximum absolute atomic E-state index is 12.6. The molecule has 0 saturated heterocycles. The number of alkyl halides is 1. The first-order valence-electron chi connectivity index (χ1n) is 16.9. The maximum atomic E-state index is 12.6. The second-order valence-corrected chi connectivity index (χ2v) is 13.0. The van der Waals surface area contributed by atoms with Crippen LogP contribution in [-0.2, 0) is 31.4 Å². The number of benzene rings is 2. The molecule has 0 bridgehead atoms. The van der Waals surface area contributed by atoms with Gasteiger partial charge in [0.2, 0.25) is 0 Å². The molecule has 2 N–H and O–H groups in total. The van der Waals surface area contributed by atoms with Gasteiger partial charge in [-0.15, -0.1) is 0 Å². The molecular formula is C37H32BrCl2N11O4. The molecule has 0 amide bonds. The third-order valence-electron chi connectivity index (χ3n) is 8.34. The van der Waals surface area contributed by atoms with Crippen molar-refractivity contribution in [1.29, 1.82) is 0 Å². The van der Waals surface area contributed by atoms with Crippen molar-refractivity contribution in [3.63, 3.8) is 0 Å². The fraction of sp³-hybridized carbons (Fsp3) is 0.189. The number of H-pyrrole nitrogens is 2. The van der Waals surface area contributed by atoms with E-state index in [9.17, 15) is 19.2 Å². The topological polar surface area (TPSA) is 191 Å². The molecule has 2 aromatic carbocycles. The maximum Gasteiger partial charge on any atom is 0.330 e. The first kappa shape index (κ1) is 38.9. The Morgan fingerprint density at radius 2 is 1.24 bits per heavy atom. The first-order chi connectivity index (χ1) is 26.6. The van der Waals surface area contributed by atoms with Crippen molar-refractivity contribution in [3.05, 3.63) is 160 Å². The molecule has 0 unspecified atom stereocenters. The van der Waals surface area contributed by atoms with Crippen molar-refractivity contribution in [2.75, 3.05) is 0 Å². The molecule has 0 fully saturated rings. The van der Waals surface area contributed by atoms with E-state index >= 15 is 0 Å². The van der Waals surface area contributed by atoms with Crippen molar-refractivity contribution in [1.82, 2.24) is 48.6 Å². The summed E-state index contributed by atoms with van der Waals surface area (Å²) in [7, 11) is 0. The summed E-state index contributed by atoms with van der Waals surface area (Å²) in [5, 5.41) is 1.35. The van der Waals surface area contributed by atoms with Crippen molar-refractivity contribution in [3.8, 4) is 11.5 Å². The molecule has 1 aliphatic rings. The van der Waals surface area contributed by atoms with Crippen LogP contribution in [0.2, 0.25) is 10.3 Å². The average Bonchev–Trinajstić information content (AvgIpc) is 3.80. The Bertz CT molecular complexity index is 2750. The molecule has 0 atom stereocenters. The van der Waals surface area contributed by atoms with Gasteiger partial charge in [0, 0.05) is 56.2 Å². The van der Waals surface area contributed by atoms with Crippen molar-refractivity contribution in [2.45, 2.75) is 45.2 Å². The van der Waals surface area contributed by atoms with Gasteiger partial charge in [0.1, 0.15) is 17.2 Å². The van der Waals surface area contributed by atoms with E-state index < -0.39 is 22.5 Å². The Kier molecular flexibility index (Phi) is 12.4. The molecule has 55 heavy (non-hydrogen) atoms. The number of nitrogens with one attached hydrogen (secondary N) is 2. The monoisotopic (exact) mass is 843 g/mol. The number of hydrogen-bond acceptors (Lipinski definition) is 10. The molecule has 0 saturated carbocycles. The van der Waals surface area contributed by atoms with Crippen LogP contribution in [-0.4, -0.2) is 54.3 Å². The van der Waals surface area contributed by atoms with Gasteiger partial charge in [0.15, 0.2) is 27.3 Å². The molecule has 6 heterocycles. The van der Waals surface area contributed by atoms with E-state index in [0.717, 1.165) is 10.9 Å². The first-order valence-corrected chi connectivity index (χ1v) is 18.8. The van der Waals surface area contributed by atoms with E-state index in [1.54, 1.807) is 4.57 Å². The number of aromatic nitrogens is 10. The minimum Gasteiger partial charge on any atom is -0.312 e. The third kappa shape index (κ3) is 8.46. The molecule has 1 aliphatic heterocycles. The van der Waals surface area contributed by atoms with Crippen LogP contribution in [0.5, 0.6) is 0 Å². The van der Waals surface area contributed by atoms with Gasteiger partial charge < -0.3 is 4.57 Å². The van der Waals surface area contributed by atoms with Crippen molar-refractivity contribution >= 4 is 61.8 Å². The van der Waals surface area contributed by atoms with Gasteiger partial charge in [0.25, 0.3) is 11.1 Å². The number of imidazole rings is 1. The molecule has 280 valence electrons. The van der Waals surface area contributed by atoms with Crippen LogP contribution in [0.25, 0.3) is 22.7 Å². The highest BCUT2D eigenvalue weighted by atomic mass is 79.9. The zero-order valence-electron chi connectivity index (χ0n) is 29.4. The number of rotatable bonds is 7. The zero-order valence-corrected chi connectivity index (χ0v) is 32.5. The number of nitrogens with zero attached hydrogens (tertiary/aromatic N) is 9. The molecule has 0 aliphatic carbocycles. The molecule has 0 spiro atoms. The quantitative estimate of drug-likeness (QED) is 0.200. The van der Waals surface area contributed by atoms with E-state index in [4.69, 9.17) is 23.2 Å². The number of aliphatic imine (C=N–C) groups is 1. The zero-order chi connectivity index (χ0) is 39.1. The fourth-order valence-electron chi connectivity index (χ4n) is 5.77. The molecular weight excluding hydrogens is 813 g/mol. The van der Waals surface area contributed by atoms with Gasteiger partial charge in [-0.3, -0.25) is 33.7 Å². The van der Waals surface area contributed by atoms with Crippen LogP contribution in [0, 0.1) is 0 Å². The standard InChI is InChI=1S/C18H15ClN6O2.C12H10ClN5O2.C7H7Br/c1-2-24-16-13(17(26)23-18(24)27)25(10-11-6-4-3-5-7-11)15(22-16)12-14(19)21-9-8-20-12;1-2-18-10-6(11(19)17-12(18)20)5-7(16-10)8-9(13)15-4-3-14-8;8-6-7-4-2-1-3-5-7/h3-9H,2,10H2,1H3,(H,23,26,27);3-4H,2,5H2,1H3,(H,17,19,20);1-5H,6H2. The summed E-state index contributed by atoms with van der Waals surface area (Å²) in [6, 6.07) is 19.9. The predicted octanol–water partition coefficient (Wildman–Crippen LogP) is 5.32. The fourth-order valence-corrected chi connectivity index (χ4v) is 6.55. The third-order valence-corrected chi connectivity index (χ3v) is 9.54. The smallest absolute Gasteiger partial charge is 0.312 e. The van der Waals surface area contributed by atoms with E-state index in [-0.39, 0.29) is 22.2 Å². The summed E-state index contributed by atoms with van der Waals surface area (Å²) in [6.07, 6.45) is 6.24. The molecule has 0 radical (unpaired) electrons. The molecule has 5 aromatic heterocycles. The minimum atomic E-state index is -0.505. The highest BCUT2D eigenvalue weighted by Crippen LogP contribution is 2.27. The van der Waals surface area contributed by atoms with E-state index in [1.807, 2.05) is 62.4 Å².